The van der Waals surface area contributed by atoms with Crippen LogP contribution in [0.15, 0.2) is 52.7 Å². The molecule has 1 aliphatic rings. The number of esters is 1. The first kappa shape index (κ1) is 24.2. The highest BCUT2D eigenvalue weighted by Crippen LogP contribution is 2.21. The topological polar surface area (TPSA) is 92.8 Å². The van der Waals surface area contributed by atoms with Crippen molar-refractivity contribution in [2.24, 2.45) is 0 Å². The molecule has 0 aliphatic carbocycles. The van der Waals surface area contributed by atoms with Gasteiger partial charge in [0.05, 0.1) is 4.90 Å². The van der Waals surface area contributed by atoms with Crippen LogP contribution >= 0.6 is 11.3 Å². The van der Waals surface area contributed by atoms with E-state index in [9.17, 15) is 18.0 Å². The predicted octanol–water partition coefficient (Wildman–Crippen LogP) is 3.23. The predicted molar refractivity (Wildman–Crippen MR) is 125 cm³/mol. The van der Waals surface area contributed by atoms with Crippen LogP contribution in [0, 0.1) is 0 Å². The average Bonchev–Trinajstić information content (AvgIpc) is 3.15. The Morgan fingerprint density at radius 2 is 1.78 bits per heavy atom. The lowest BCUT2D eigenvalue weighted by molar-refractivity contribution is -0.143. The second-order valence-electron chi connectivity index (χ2n) is 7.51. The molecule has 1 fully saturated rings. The molecule has 32 heavy (non-hydrogen) atoms. The number of amides is 1. The molecule has 0 saturated carbocycles. The molecule has 1 aromatic carbocycles. The van der Waals surface area contributed by atoms with Crippen LogP contribution in [0.4, 0.5) is 0 Å². The molecule has 0 atom stereocenters. The van der Waals surface area contributed by atoms with Crippen LogP contribution in [0.25, 0.3) is 6.08 Å². The summed E-state index contributed by atoms with van der Waals surface area (Å²) in [6.07, 6.45) is 7.37. The van der Waals surface area contributed by atoms with Crippen molar-refractivity contribution in [2.45, 2.75) is 37.0 Å². The van der Waals surface area contributed by atoms with Crippen molar-refractivity contribution >= 4 is 39.3 Å². The number of carbonyl (C=O) groups excluding carboxylic acids is 2. The number of carbonyl (C=O) groups is 2. The van der Waals surface area contributed by atoms with Crippen LogP contribution < -0.4 is 5.32 Å². The fraction of sp³-hybridized carbons (Fsp3) is 0.391. The maximum atomic E-state index is 12.8. The average molecular weight is 477 g/mol. The zero-order chi connectivity index (χ0) is 22.8. The highest BCUT2D eigenvalue weighted by Gasteiger charge is 2.24. The summed E-state index contributed by atoms with van der Waals surface area (Å²) in [5.74, 6) is -0.994. The lowest BCUT2D eigenvalue weighted by Gasteiger charge is -2.19. The van der Waals surface area contributed by atoms with Gasteiger partial charge in [-0.25, -0.2) is 13.2 Å². The lowest BCUT2D eigenvalue weighted by Crippen LogP contribution is -2.31. The number of ether oxygens (including phenoxy) is 1. The zero-order valence-corrected chi connectivity index (χ0v) is 19.5. The summed E-state index contributed by atoms with van der Waals surface area (Å²) in [5.41, 5.74) is 0.664. The van der Waals surface area contributed by atoms with E-state index >= 15 is 0 Å². The van der Waals surface area contributed by atoms with E-state index in [-0.39, 0.29) is 17.4 Å². The third-order valence-corrected chi connectivity index (χ3v) is 7.96. The monoisotopic (exact) mass is 476 g/mol. The number of hydrogen-bond donors (Lipinski definition) is 1. The third-order valence-electron chi connectivity index (χ3n) is 5.11. The number of thiophene rings is 1. The summed E-state index contributed by atoms with van der Waals surface area (Å²) in [6.45, 7) is 1.24. The maximum Gasteiger partial charge on any atom is 0.331 e. The summed E-state index contributed by atoms with van der Waals surface area (Å²) in [5, 5.41) is 4.69. The van der Waals surface area contributed by atoms with Crippen molar-refractivity contribution in [1.29, 1.82) is 0 Å². The fourth-order valence-corrected chi connectivity index (χ4v) is 5.59. The zero-order valence-electron chi connectivity index (χ0n) is 17.9. The number of nitrogens with zero attached hydrogens (tertiary/aromatic N) is 1. The molecule has 0 unspecified atom stereocenters. The van der Waals surface area contributed by atoms with Gasteiger partial charge in [-0.15, -0.1) is 11.3 Å². The molecule has 9 heteroatoms. The summed E-state index contributed by atoms with van der Waals surface area (Å²) in [4.78, 5) is 25.0. The Bertz CT molecular complexity index is 1010. The molecule has 0 bridgehead atoms. The van der Waals surface area contributed by atoms with Gasteiger partial charge in [-0.1, -0.05) is 31.0 Å². The number of sulfonamides is 1. The van der Waals surface area contributed by atoms with Gasteiger partial charge in [-0.05, 0) is 54.5 Å². The minimum absolute atomic E-state index is 0.248. The Kier molecular flexibility index (Phi) is 9.01. The largest absolute Gasteiger partial charge is 0.452 e. The highest BCUT2D eigenvalue weighted by atomic mass is 32.2. The highest BCUT2D eigenvalue weighted by molar-refractivity contribution is 7.89. The number of benzene rings is 1. The molecule has 1 amide bonds. The molecule has 172 valence electrons. The van der Waals surface area contributed by atoms with Crippen molar-refractivity contribution in [3.8, 4) is 0 Å². The first-order valence-corrected chi connectivity index (χ1v) is 13.0. The molecule has 0 radical (unpaired) electrons. The Balaban J connectivity index is 1.44. The molecular formula is C23H28N2O5S2. The van der Waals surface area contributed by atoms with E-state index < -0.39 is 16.0 Å². The molecule has 0 spiro atoms. The number of nitrogens with one attached hydrogen (secondary N) is 1. The van der Waals surface area contributed by atoms with Crippen LogP contribution in [0.1, 0.15) is 36.1 Å². The van der Waals surface area contributed by atoms with Gasteiger partial charge in [0.1, 0.15) is 0 Å². The molecule has 1 saturated heterocycles. The summed E-state index contributed by atoms with van der Waals surface area (Å²) < 4.78 is 32.1. The van der Waals surface area contributed by atoms with E-state index in [1.807, 2.05) is 17.5 Å². The molecule has 2 heterocycles. The van der Waals surface area contributed by atoms with E-state index in [4.69, 9.17) is 4.74 Å². The van der Waals surface area contributed by atoms with Gasteiger partial charge in [-0.3, -0.25) is 4.79 Å². The number of hydrogen-bond acceptors (Lipinski definition) is 6. The van der Waals surface area contributed by atoms with Gasteiger partial charge in [0.2, 0.25) is 10.0 Å². The SMILES string of the molecule is O=C(COC(=O)/C=C/c1ccc(S(=O)(=O)N2CCCCCC2)cc1)NCCc1cccs1. The van der Waals surface area contributed by atoms with Gasteiger partial charge in [-0.2, -0.15) is 4.31 Å². The normalized spacial score (nSPS) is 15.4. The first-order valence-electron chi connectivity index (χ1n) is 10.7. The van der Waals surface area contributed by atoms with Gasteiger partial charge < -0.3 is 10.1 Å². The summed E-state index contributed by atoms with van der Waals surface area (Å²) in [7, 11) is -3.50. The lowest BCUT2D eigenvalue weighted by atomic mass is 10.2. The van der Waals surface area contributed by atoms with Gasteiger partial charge in [0.25, 0.3) is 5.91 Å². The van der Waals surface area contributed by atoms with Crippen molar-refractivity contribution in [3.63, 3.8) is 0 Å². The van der Waals surface area contributed by atoms with Crippen LogP contribution in [0.2, 0.25) is 0 Å². The van der Waals surface area contributed by atoms with E-state index in [0.717, 1.165) is 32.1 Å². The van der Waals surface area contributed by atoms with Crippen molar-refractivity contribution in [2.75, 3.05) is 26.2 Å². The quantitative estimate of drug-likeness (QED) is 0.443. The Hall–Kier alpha value is -2.49. The molecule has 1 aromatic heterocycles. The number of rotatable bonds is 9. The summed E-state index contributed by atoms with van der Waals surface area (Å²) in [6, 6.07) is 10.3. The van der Waals surface area contributed by atoms with Gasteiger partial charge >= 0.3 is 5.97 Å². The molecule has 7 nitrogen and oxygen atoms in total. The molecule has 1 aliphatic heterocycles. The minimum Gasteiger partial charge on any atom is -0.452 e. The maximum absolute atomic E-state index is 12.8. The molecular weight excluding hydrogens is 448 g/mol. The van der Waals surface area contributed by atoms with E-state index in [0.29, 0.717) is 25.2 Å². The van der Waals surface area contributed by atoms with Gasteiger partial charge in [0, 0.05) is 30.6 Å². The Morgan fingerprint density at radius 3 is 2.44 bits per heavy atom. The second kappa shape index (κ2) is 11.9. The fourth-order valence-electron chi connectivity index (χ4n) is 3.36. The van der Waals surface area contributed by atoms with Crippen LogP contribution in [0.5, 0.6) is 0 Å². The van der Waals surface area contributed by atoms with Crippen LogP contribution in [-0.2, 0) is 30.8 Å². The Morgan fingerprint density at radius 1 is 1.06 bits per heavy atom. The van der Waals surface area contributed by atoms with Crippen molar-refractivity contribution in [1.82, 2.24) is 9.62 Å². The van der Waals surface area contributed by atoms with Crippen molar-refractivity contribution < 1.29 is 22.7 Å². The van der Waals surface area contributed by atoms with E-state index in [1.54, 1.807) is 39.9 Å². The third kappa shape index (κ3) is 7.29. The van der Waals surface area contributed by atoms with Crippen LogP contribution in [-0.4, -0.2) is 50.8 Å². The molecule has 1 N–H and O–H groups in total. The summed E-state index contributed by atoms with van der Waals surface area (Å²) >= 11 is 1.63. The molecule has 3 rings (SSSR count). The minimum atomic E-state index is -3.50. The van der Waals surface area contributed by atoms with E-state index in [2.05, 4.69) is 5.32 Å². The first-order chi connectivity index (χ1) is 15.4. The van der Waals surface area contributed by atoms with Gasteiger partial charge in [0.15, 0.2) is 6.61 Å². The van der Waals surface area contributed by atoms with Crippen LogP contribution in [0.3, 0.4) is 0 Å². The Labute approximate surface area is 193 Å². The molecule has 2 aromatic rings. The standard InChI is InChI=1S/C23H28N2O5S2/c26-22(24-14-13-20-6-5-17-31-20)18-30-23(27)12-9-19-7-10-21(11-8-19)32(28,29)25-15-3-1-2-4-16-25/h5-12,17H,1-4,13-16,18H2,(H,24,26)/b12-9+. The van der Waals surface area contributed by atoms with Crippen molar-refractivity contribution in [3.05, 3.63) is 58.3 Å². The van der Waals surface area contributed by atoms with E-state index in [1.165, 1.54) is 17.0 Å². The smallest absolute Gasteiger partial charge is 0.331 e. The second-order valence-corrected chi connectivity index (χ2v) is 10.5.